The number of esters is 2. The monoisotopic (exact) mass is 382 g/mol. The van der Waals surface area contributed by atoms with Crippen LogP contribution in [-0.2, 0) is 31.9 Å². The van der Waals surface area contributed by atoms with Crippen LogP contribution < -0.4 is 0 Å². The molecule has 150 valence electrons. The zero-order chi connectivity index (χ0) is 20.9. The molecule has 0 aliphatic carbocycles. The van der Waals surface area contributed by atoms with Crippen LogP contribution in [0, 0.1) is 10.8 Å². The summed E-state index contributed by atoms with van der Waals surface area (Å²) in [4.78, 5) is 23.7. The Morgan fingerprint density at radius 1 is 0.643 bits per heavy atom. The summed E-state index contributed by atoms with van der Waals surface area (Å²) >= 11 is 0. The van der Waals surface area contributed by atoms with Gasteiger partial charge in [-0.2, -0.15) is 0 Å². The summed E-state index contributed by atoms with van der Waals surface area (Å²) < 4.78 is 9.76. The molecule has 0 saturated heterocycles. The van der Waals surface area contributed by atoms with Crippen LogP contribution in [0.2, 0.25) is 0 Å². The minimum Gasteiger partial charge on any atom is -0.469 e. The normalized spacial score (nSPS) is 11.8. The topological polar surface area (TPSA) is 52.6 Å². The highest BCUT2D eigenvalue weighted by Gasteiger charge is 2.29. The van der Waals surface area contributed by atoms with Gasteiger partial charge in [0, 0.05) is 0 Å². The third kappa shape index (κ3) is 5.22. The van der Waals surface area contributed by atoms with Gasteiger partial charge >= 0.3 is 11.9 Å². The molecule has 0 aromatic heterocycles. The van der Waals surface area contributed by atoms with Gasteiger partial charge in [-0.15, -0.1) is 0 Å². The Balaban J connectivity index is 2.10. The summed E-state index contributed by atoms with van der Waals surface area (Å²) in [7, 11) is 2.84. The lowest BCUT2D eigenvalue weighted by atomic mass is 9.85. The van der Waals surface area contributed by atoms with E-state index in [1.165, 1.54) is 14.2 Å². The fourth-order valence-corrected chi connectivity index (χ4v) is 3.35. The number of hydrogen-bond acceptors (Lipinski definition) is 4. The number of hydrogen-bond donors (Lipinski definition) is 0. The highest BCUT2D eigenvalue weighted by molar-refractivity contribution is 5.77. The molecule has 28 heavy (non-hydrogen) atoms. The standard InChI is InChI=1S/C24H30O4/c1-23(2,21(25)27-5)15-17-7-11-19(12-8-17)20-13-9-18(10-14-20)16-24(3,4)22(26)28-6/h7-14H,15-16H2,1-6H3. The second-order valence-electron chi connectivity index (χ2n) is 8.50. The Morgan fingerprint density at radius 3 is 1.18 bits per heavy atom. The lowest BCUT2D eigenvalue weighted by molar-refractivity contribution is -0.151. The first-order valence-corrected chi connectivity index (χ1v) is 9.44. The van der Waals surface area contributed by atoms with Gasteiger partial charge in [0.2, 0.25) is 0 Å². The average Bonchev–Trinajstić information content (AvgIpc) is 2.67. The molecule has 4 nitrogen and oxygen atoms in total. The van der Waals surface area contributed by atoms with Crippen molar-refractivity contribution in [3.8, 4) is 11.1 Å². The number of rotatable bonds is 7. The summed E-state index contributed by atoms with van der Waals surface area (Å²) in [5.74, 6) is -0.413. The molecule has 0 radical (unpaired) electrons. The third-order valence-corrected chi connectivity index (χ3v) is 5.01. The van der Waals surface area contributed by atoms with Crippen molar-refractivity contribution in [1.82, 2.24) is 0 Å². The van der Waals surface area contributed by atoms with E-state index in [9.17, 15) is 9.59 Å². The number of methoxy groups -OCH3 is 2. The molecule has 0 aliphatic rings. The predicted molar refractivity (Wildman–Crippen MR) is 111 cm³/mol. The van der Waals surface area contributed by atoms with Crippen molar-refractivity contribution < 1.29 is 19.1 Å². The average molecular weight is 383 g/mol. The Labute approximate surface area is 167 Å². The second kappa shape index (κ2) is 8.59. The largest absolute Gasteiger partial charge is 0.469 e. The number of benzene rings is 2. The zero-order valence-corrected chi connectivity index (χ0v) is 17.7. The van der Waals surface area contributed by atoms with Crippen LogP contribution in [0.1, 0.15) is 38.8 Å². The van der Waals surface area contributed by atoms with E-state index in [1.807, 2.05) is 52.0 Å². The zero-order valence-electron chi connectivity index (χ0n) is 17.7. The molecule has 0 spiro atoms. The molecule has 2 aromatic rings. The van der Waals surface area contributed by atoms with E-state index in [2.05, 4.69) is 24.3 Å². The summed E-state index contributed by atoms with van der Waals surface area (Å²) in [5, 5.41) is 0. The molecular weight excluding hydrogens is 352 g/mol. The van der Waals surface area contributed by atoms with Crippen LogP contribution in [0.15, 0.2) is 48.5 Å². The van der Waals surface area contributed by atoms with Crippen LogP contribution in [0.25, 0.3) is 11.1 Å². The van der Waals surface area contributed by atoms with Gasteiger partial charge in [0.1, 0.15) is 0 Å². The van der Waals surface area contributed by atoms with E-state index in [4.69, 9.17) is 9.47 Å². The van der Waals surface area contributed by atoms with Gasteiger partial charge in [-0.3, -0.25) is 9.59 Å². The van der Waals surface area contributed by atoms with Crippen molar-refractivity contribution in [2.45, 2.75) is 40.5 Å². The maximum absolute atomic E-state index is 11.9. The molecule has 0 bridgehead atoms. The lowest BCUT2D eigenvalue weighted by Gasteiger charge is -2.22. The first-order valence-electron chi connectivity index (χ1n) is 9.44. The Morgan fingerprint density at radius 2 is 0.929 bits per heavy atom. The number of ether oxygens (including phenoxy) is 2. The summed E-state index contributed by atoms with van der Waals surface area (Å²) in [6.45, 7) is 7.56. The van der Waals surface area contributed by atoms with Crippen molar-refractivity contribution in [2.75, 3.05) is 14.2 Å². The Hall–Kier alpha value is -2.62. The maximum Gasteiger partial charge on any atom is 0.311 e. The Bertz CT molecular complexity index is 743. The fraction of sp³-hybridized carbons (Fsp3) is 0.417. The first kappa shape index (κ1) is 21.7. The van der Waals surface area contributed by atoms with Gasteiger partial charge in [-0.1, -0.05) is 48.5 Å². The highest BCUT2D eigenvalue weighted by Crippen LogP contribution is 2.28. The van der Waals surface area contributed by atoms with Crippen LogP contribution in [0.4, 0.5) is 0 Å². The summed E-state index contributed by atoms with van der Waals surface area (Å²) in [6, 6.07) is 16.5. The molecule has 0 fully saturated rings. The van der Waals surface area contributed by atoms with Gasteiger partial charge in [0.15, 0.2) is 0 Å². The molecule has 4 heteroatoms. The van der Waals surface area contributed by atoms with Crippen LogP contribution in [0.3, 0.4) is 0 Å². The summed E-state index contributed by atoms with van der Waals surface area (Å²) in [6.07, 6.45) is 1.25. The molecule has 0 amide bonds. The fourth-order valence-electron chi connectivity index (χ4n) is 3.35. The molecule has 0 unspecified atom stereocenters. The predicted octanol–water partition coefficient (Wildman–Crippen LogP) is 4.84. The van der Waals surface area contributed by atoms with Gasteiger partial charge in [-0.05, 0) is 62.8 Å². The lowest BCUT2D eigenvalue weighted by Crippen LogP contribution is -2.28. The van der Waals surface area contributed by atoms with Crippen molar-refractivity contribution >= 4 is 11.9 Å². The van der Waals surface area contributed by atoms with Crippen LogP contribution in [-0.4, -0.2) is 26.2 Å². The summed E-state index contributed by atoms with van der Waals surface area (Å²) in [5.41, 5.74) is 3.30. The van der Waals surface area contributed by atoms with Crippen molar-refractivity contribution in [2.24, 2.45) is 10.8 Å². The smallest absolute Gasteiger partial charge is 0.311 e. The van der Waals surface area contributed by atoms with Crippen molar-refractivity contribution in [1.29, 1.82) is 0 Å². The van der Waals surface area contributed by atoms with E-state index in [0.29, 0.717) is 12.8 Å². The van der Waals surface area contributed by atoms with Gasteiger partial charge in [0.25, 0.3) is 0 Å². The van der Waals surface area contributed by atoms with E-state index in [0.717, 1.165) is 22.3 Å². The molecule has 0 saturated carbocycles. The van der Waals surface area contributed by atoms with Gasteiger partial charge < -0.3 is 9.47 Å². The van der Waals surface area contributed by atoms with E-state index in [-0.39, 0.29) is 11.9 Å². The van der Waals surface area contributed by atoms with Crippen LogP contribution in [0.5, 0.6) is 0 Å². The van der Waals surface area contributed by atoms with Gasteiger partial charge in [-0.25, -0.2) is 0 Å². The second-order valence-corrected chi connectivity index (χ2v) is 8.50. The molecule has 0 aliphatic heterocycles. The molecule has 2 rings (SSSR count). The molecule has 2 aromatic carbocycles. The molecular formula is C24H30O4. The SMILES string of the molecule is COC(=O)C(C)(C)Cc1ccc(-c2ccc(CC(C)(C)C(=O)OC)cc2)cc1. The van der Waals surface area contributed by atoms with Crippen molar-refractivity contribution in [3.05, 3.63) is 59.7 Å². The molecule has 0 N–H and O–H groups in total. The molecule has 0 heterocycles. The molecule has 0 atom stereocenters. The Kier molecular flexibility index (Phi) is 6.65. The van der Waals surface area contributed by atoms with E-state index in [1.54, 1.807) is 0 Å². The number of carbonyl (C=O) groups excluding carboxylic acids is 2. The van der Waals surface area contributed by atoms with Crippen LogP contribution >= 0.6 is 0 Å². The maximum atomic E-state index is 11.9. The minimum atomic E-state index is -0.551. The van der Waals surface area contributed by atoms with Gasteiger partial charge in [0.05, 0.1) is 25.0 Å². The first-order chi connectivity index (χ1) is 13.1. The van der Waals surface area contributed by atoms with Crippen molar-refractivity contribution in [3.63, 3.8) is 0 Å². The highest BCUT2D eigenvalue weighted by atomic mass is 16.5. The number of carbonyl (C=O) groups is 2. The van der Waals surface area contributed by atoms with E-state index >= 15 is 0 Å². The quantitative estimate of drug-likeness (QED) is 0.643. The minimum absolute atomic E-state index is 0.206. The third-order valence-electron chi connectivity index (χ3n) is 5.01. The van der Waals surface area contributed by atoms with E-state index < -0.39 is 10.8 Å².